The van der Waals surface area contributed by atoms with Gasteiger partial charge in [-0.05, 0) is 0 Å². The molecule has 1 unspecified atom stereocenters. The van der Waals surface area contributed by atoms with Gasteiger partial charge in [-0.3, -0.25) is 9.69 Å². The molecule has 0 aliphatic carbocycles. The summed E-state index contributed by atoms with van der Waals surface area (Å²) in [5, 5.41) is 17.3. The molecular formula is C8H12N2O3. The predicted octanol–water partition coefficient (Wildman–Crippen LogP) is -0.315. The molecule has 0 saturated carbocycles. The number of nitrogens with zero attached hydrogens (tertiary/aromatic N) is 2. The van der Waals surface area contributed by atoms with E-state index in [1.807, 2.05) is 6.07 Å². The average Bonchev–Trinajstić information content (AvgIpc) is 2.15. The van der Waals surface area contributed by atoms with Crippen LogP contribution in [0.3, 0.4) is 0 Å². The van der Waals surface area contributed by atoms with E-state index < -0.39 is 12.0 Å². The molecule has 5 nitrogen and oxygen atoms in total. The molecule has 1 heterocycles. The van der Waals surface area contributed by atoms with Crippen molar-refractivity contribution in [1.29, 1.82) is 5.26 Å². The summed E-state index contributed by atoms with van der Waals surface area (Å²) in [4.78, 5) is 12.5. The van der Waals surface area contributed by atoms with Gasteiger partial charge >= 0.3 is 5.97 Å². The molecule has 5 heteroatoms. The first-order chi connectivity index (χ1) is 6.25. The summed E-state index contributed by atoms with van der Waals surface area (Å²) in [5.41, 5.74) is 0. The van der Waals surface area contributed by atoms with Gasteiger partial charge < -0.3 is 9.84 Å². The van der Waals surface area contributed by atoms with Crippen LogP contribution >= 0.6 is 0 Å². The number of carboxylic acids is 1. The number of nitriles is 1. The highest BCUT2D eigenvalue weighted by molar-refractivity contribution is 5.73. The van der Waals surface area contributed by atoms with Crippen LogP contribution in [0.1, 0.15) is 6.42 Å². The Balaban J connectivity index is 2.52. The summed E-state index contributed by atoms with van der Waals surface area (Å²) < 4.78 is 5.09. The van der Waals surface area contributed by atoms with Gasteiger partial charge in [-0.25, -0.2) is 0 Å². The third kappa shape index (κ3) is 2.68. The molecule has 0 radical (unpaired) electrons. The first kappa shape index (κ1) is 9.96. The summed E-state index contributed by atoms with van der Waals surface area (Å²) in [7, 11) is 0. The highest BCUT2D eigenvalue weighted by atomic mass is 16.5. The molecule has 0 amide bonds. The predicted molar refractivity (Wildman–Crippen MR) is 44.0 cm³/mol. The van der Waals surface area contributed by atoms with Crippen molar-refractivity contribution >= 4 is 5.97 Å². The largest absolute Gasteiger partial charge is 0.480 e. The number of hydrogen-bond acceptors (Lipinski definition) is 4. The molecule has 1 aliphatic heterocycles. The molecule has 1 atom stereocenters. The normalized spacial score (nSPS) is 20.5. The Morgan fingerprint density at radius 3 is 2.69 bits per heavy atom. The fraction of sp³-hybridized carbons (Fsp3) is 0.750. The minimum atomic E-state index is -0.927. The second-order valence-corrected chi connectivity index (χ2v) is 2.86. The van der Waals surface area contributed by atoms with E-state index in [1.165, 1.54) is 0 Å². The lowest BCUT2D eigenvalue weighted by Gasteiger charge is -2.30. The van der Waals surface area contributed by atoms with Gasteiger partial charge in [0.15, 0.2) is 0 Å². The molecule has 1 saturated heterocycles. The molecule has 0 bridgehead atoms. The zero-order valence-electron chi connectivity index (χ0n) is 7.27. The minimum Gasteiger partial charge on any atom is -0.480 e. The zero-order valence-corrected chi connectivity index (χ0v) is 7.27. The van der Waals surface area contributed by atoms with E-state index in [9.17, 15) is 4.79 Å². The lowest BCUT2D eigenvalue weighted by atomic mass is 10.2. The van der Waals surface area contributed by atoms with E-state index in [0.29, 0.717) is 26.3 Å². The average molecular weight is 184 g/mol. The van der Waals surface area contributed by atoms with Gasteiger partial charge in [0.1, 0.15) is 6.04 Å². The molecule has 0 aromatic heterocycles. The first-order valence-electron chi connectivity index (χ1n) is 4.17. The Morgan fingerprint density at radius 2 is 2.23 bits per heavy atom. The van der Waals surface area contributed by atoms with E-state index in [0.717, 1.165) is 0 Å². The van der Waals surface area contributed by atoms with Crippen LogP contribution < -0.4 is 0 Å². The molecule has 0 aromatic carbocycles. The van der Waals surface area contributed by atoms with E-state index in [4.69, 9.17) is 15.1 Å². The number of morpholine rings is 1. The van der Waals surface area contributed by atoms with Crippen molar-refractivity contribution < 1.29 is 14.6 Å². The van der Waals surface area contributed by atoms with Crippen molar-refractivity contribution in [2.45, 2.75) is 12.5 Å². The van der Waals surface area contributed by atoms with Crippen LogP contribution in [-0.2, 0) is 9.53 Å². The monoisotopic (exact) mass is 184 g/mol. The number of ether oxygens (including phenoxy) is 1. The Labute approximate surface area is 76.5 Å². The van der Waals surface area contributed by atoms with Crippen molar-refractivity contribution in [1.82, 2.24) is 4.90 Å². The molecule has 0 spiro atoms. The highest BCUT2D eigenvalue weighted by Gasteiger charge is 2.26. The van der Waals surface area contributed by atoms with Crippen LogP contribution in [0, 0.1) is 11.3 Å². The van der Waals surface area contributed by atoms with Gasteiger partial charge in [0.25, 0.3) is 0 Å². The molecule has 1 aliphatic rings. The van der Waals surface area contributed by atoms with E-state index >= 15 is 0 Å². The summed E-state index contributed by atoms with van der Waals surface area (Å²) in [6.45, 7) is 2.29. The lowest BCUT2D eigenvalue weighted by Crippen LogP contribution is -2.47. The summed E-state index contributed by atoms with van der Waals surface area (Å²) in [5.74, 6) is -0.927. The maximum absolute atomic E-state index is 10.8. The third-order valence-electron chi connectivity index (χ3n) is 2.06. The van der Waals surface area contributed by atoms with Gasteiger partial charge in [-0.2, -0.15) is 5.26 Å². The number of hydrogen-bond donors (Lipinski definition) is 1. The van der Waals surface area contributed by atoms with Crippen LogP contribution in [0.5, 0.6) is 0 Å². The minimum absolute atomic E-state index is 0.0370. The Bertz CT molecular complexity index is 218. The lowest BCUT2D eigenvalue weighted by molar-refractivity contribution is -0.144. The van der Waals surface area contributed by atoms with Crippen LogP contribution in [-0.4, -0.2) is 48.3 Å². The number of rotatable bonds is 3. The number of carbonyl (C=O) groups is 1. The van der Waals surface area contributed by atoms with Crippen LogP contribution in [0.4, 0.5) is 0 Å². The van der Waals surface area contributed by atoms with E-state index in [1.54, 1.807) is 4.90 Å². The molecule has 1 fully saturated rings. The fourth-order valence-corrected chi connectivity index (χ4v) is 1.35. The van der Waals surface area contributed by atoms with E-state index in [2.05, 4.69) is 0 Å². The van der Waals surface area contributed by atoms with Gasteiger partial charge in [-0.15, -0.1) is 0 Å². The van der Waals surface area contributed by atoms with Crippen LogP contribution in [0.15, 0.2) is 0 Å². The van der Waals surface area contributed by atoms with Gasteiger partial charge in [0.05, 0.1) is 25.7 Å². The topological polar surface area (TPSA) is 73.6 Å². The van der Waals surface area contributed by atoms with Gasteiger partial charge in [0, 0.05) is 13.1 Å². The smallest absolute Gasteiger partial charge is 0.321 e. The second kappa shape index (κ2) is 4.80. The summed E-state index contributed by atoms with van der Waals surface area (Å²) >= 11 is 0. The number of carboxylic acid groups (broad SMARTS) is 1. The fourth-order valence-electron chi connectivity index (χ4n) is 1.35. The quantitative estimate of drug-likeness (QED) is 0.651. The van der Waals surface area contributed by atoms with Crippen LogP contribution in [0.25, 0.3) is 0 Å². The second-order valence-electron chi connectivity index (χ2n) is 2.86. The molecular weight excluding hydrogens is 172 g/mol. The standard InChI is InChI=1S/C8H12N2O3/c9-2-1-7(8(11)12)10-3-5-13-6-4-10/h7H,1,3-6H2,(H,11,12). The SMILES string of the molecule is N#CCC(C(=O)O)N1CCOCC1. The Kier molecular flexibility index (Phi) is 3.68. The summed E-state index contributed by atoms with van der Waals surface area (Å²) in [6.07, 6.45) is 0.0370. The summed E-state index contributed by atoms with van der Waals surface area (Å²) in [6, 6.07) is 1.21. The molecule has 1 N–H and O–H groups in total. The maximum atomic E-state index is 10.8. The maximum Gasteiger partial charge on any atom is 0.321 e. The van der Waals surface area contributed by atoms with E-state index in [-0.39, 0.29) is 6.42 Å². The van der Waals surface area contributed by atoms with Crippen molar-refractivity contribution in [3.05, 3.63) is 0 Å². The van der Waals surface area contributed by atoms with Crippen LogP contribution in [0.2, 0.25) is 0 Å². The van der Waals surface area contributed by atoms with Crippen molar-refractivity contribution in [3.8, 4) is 6.07 Å². The van der Waals surface area contributed by atoms with Crippen molar-refractivity contribution in [2.24, 2.45) is 0 Å². The Hall–Kier alpha value is -1.12. The molecule has 1 rings (SSSR count). The Morgan fingerprint density at radius 1 is 1.62 bits per heavy atom. The van der Waals surface area contributed by atoms with Crippen molar-refractivity contribution in [2.75, 3.05) is 26.3 Å². The van der Waals surface area contributed by atoms with Crippen molar-refractivity contribution in [3.63, 3.8) is 0 Å². The molecule has 13 heavy (non-hydrogen) atoms. The van der Waals surface area contributed by atoms with Gasteiger partial charge in [-0.1, -0.05) is 0 Å². The highest BCUT2D eigenvalue weighted by Crippen LogP contribution is 2.07. The molecule has 72 valence electrons. The number of aliphatic carboxylic acids is 1. The molecule has 0 aromatic rings. The van der Waals surface area contributed by atoms with Gasteiger partial charge in [0.2, 0.25) is 0 Å². The zero-order chi connectivity index (χ0) is 9.68. The first-order valence-corrected chi connectivity index (χ1v) is 4.17. The third-order valence-corrected chi connectivity index (χ3v) is 2.06.